The van der Waals surface area contributed by atoms with Crippen molar-refractivity contribution in [3.63, 3.8) is 0 Å². The van der Waals surface area contributed by atoms with Gasteiger partial charge in [-0.15, -0.1) is 0 Å². The van der Waals surface area contributed by atoms with E-state index in [-0.39, 0.29) is 29.2 Å². The number of fused-ring (bicyclic) bond motifs is 1. The average molecular weight is 882 g/mol. The van der Waals surface area contributed by atoms with Crippen molar-refractivity contribution < 1.29 is 32.7 Å². The van der Waals surface area contributed by atoms with Crippen LogP contribution in [0.5, 0.6) is 5.75 Å². The molecule has 15 nitrogen and oxygen atoms in total. The maximum atomic E-state index is 13.3. The smallest absolute Gasteiger partial charge is 0.362 e. The number of piperidine rings is 2. The molecule has 4 heterocycles. The van der Waals surface area contributed by atoms with Crippen LogP contribution in [0.4, 0.5) is 28.8 Å². The van der Waals surface area contributed by atoms with Gasteiger partial charge < -0.3 is 34.2 Å². The molecule has 2 fully saturated rings. The average Bonchev–Trinajstić information content (AvgIpc) is 3.56. The summed E-state index contributed by atoms with van der Waals surface area (Å²) in [5.41, 5.74) is 4.69. The van der Waals surface area contributed by atoms with Gasteiger partial charge in [-0.05, 0) is 67.8 Å². The number of hydrogen-bond donors (Lipinski definition) is 3. The van der Waals surface area contributed by atoms with Gasteiger partial charge in [0.15, 0.2) is 5.82 Å². The van der Waals surface area contributed by atoms with Crippen LogP contribution >= 0.6 is 35.1 Å². The van der Waals surface area contributed by atoms with Crippen LogP contribution in [-0.2, 0) is 36.3 Å². The fourth-order valence-corrected chi connectivity index (χ4v) is 9.54. The highest BCUT2D eigenvalue weighted by molar-refractivity contribution is 9.10. The van der Waals surface area contributed by atoms with Crippen LogP contribution in [0.3, 0.4) is 0 Å². The summed E-state index contributed by atoms with van der Waals surface area (Å²) in [6.07, 6.45) is 3.92. The monoisotopic (exact) mass is 880 g/mol. The number of methoxy groups -OCH3 is 1. The third kappa shape index (κ3) is 8.38. The second kappa shape index (κ2) is 17.1. The van der Waals surface area contributed by atoms with E-state index in [4.69, 9.17) is 25.4 Å². The molecule has 300 valence electrons. The molecule has 57 heavy (non-hydrogen) atoms. The third-order valence-corrected chi connectivity index (χ3v) is 13.9. The molecule has 0 saturated carbocycles. The number of nitrogens with one attached hydrogen (secondary N) is 3. The first-order chi connectivity index (χ1) is 27.4. The Bertz CT molecular complexity index is 2250. The van der Waals surface area contributed by atoms with E-state index in [1.165, 1.54) is 20.4 Å². The minimum Gasteiger partial charge on any atom is -0.494 e. The van der Waals surface area contributed by atoms with Gasteiger partial charge in [-0.25, -0.2) is 4.98 Å². The first kappa shape index (κ1) is 40.6. The number of para-hydroxylation sites is 1. The molecule has 3 aliphatic heterocycles. The Kier molecular flexibility index (Phi) is 12.2. The number of amides is 3. The summed E-state index contributed by atoms with van der Waals surface area (Å²) < 4.78 is 30.3. The predicted octanol–water partition coefficient (Wildman–Crippen LogP) is 6.36. The van der Waals surface area contributed by atoms with Crippen LogP contribution in [0.25, 0.3) is 0 Å². The number of aromatic nitrogens is 2. The zero-order valence-electron chi connectivity index (χ0n) is 31.9. The first-order valence-electron chi connectivity index (χ1n) is 18.4. The van der Waals surface area contributed by atoms with E-state index in [1.807, 2.05) is 30.3 Å². The van der Waals surface area contributed by atoms with Crippen molar-refractivity contribution in [1.29, 1.82) is 0 Å². The number of hydrogen-bond acceptors (Lipinski definition) is 13. The molecule has 3 aromatic carbocycles. The van der Waals surface area contributed by atoms with Gasteiger partial charge >= 0.3 is 7.60 Å². The van der Waals surface area contributed by atoms with Crippen LogP contribution in [0.2, 0.25) is 5.02 Å². The molecule has 0 radical (unpaired) electrons. The van der Waals surface area contributed by atoms with Crippen molar-refractivity contribution in [2.45, 2.75) is 50.9 Å². The number of carbonyl (C=O) groups excluding carboxylic acids is 3. The molecule has 1 aromatic heterocycles. The number of ether oxygens (including phenoxy) is 1. The zero-order valence-corrected chi connectivity index (χ0v) is 35.1. The summed E-state index contributed by atoms with van der Waals surface area (Å²) in [4.78, 5) is 52.7. The van der Waals surface area contributed by atoms with Gasteiger partial charge in [0.1, 0.15) is 16.8 Å². The minimum absolute atomic E-state index is 0.184. The van der Waals surface area contributed by atoms with Gasteiger partial charge in [0.25, 0.3) is 5.91 Å². The third-order valence-electron chi connectivity index (χ3n) is 10.7. The van der Waals surface area contributed by atoms with Crippen LogP contribution < -0.4 is 30.9 Å². The molecule has 0 aliphatic carbocycles. The number of rotatable bonds is 13. The van der Waals surface area contributed by atoms with Crippen LogP contribution in [0.15, 0.2) is 65.3 Å². The Morgan fingerprint density at radius 1 is 1.00 bits per heavy atom. The SMILES string of the molecule is COc1cc(N2CCC(N(C)Cc3ccc4c(c3Br)CN(C3CCC(=O)NC3=O)C4=O)CC2)ccc1Nc1ncc(Cl)c(Nc2ccccc2P(=O)(OC)OC)n1. The lowest BCUT2D eigenvalue weighted by atomic mass is 10.0. The molecule has 3 aliphatic rings. The van der Waals surface area contributed by atoms with E-state index in [1.54, 1.807) is 36.3 Å². The van der Waals surface area contributed by atoms with Crippen molar-refractivity contribution in [3.8, 4) is 5.75 Å². The van der Waals surface area contributed by atoms with Gasteiger partial charge in [-0.1, -0.05) is 45.7 Å². The molecule has 4 aromatic rings. The lowest BCUT2D eigenvalue weighted by Crippen LogP contribution is -2.52. The second-order valence-corrected chi connectivity index (χ2v) is 17.4. The summed E-state index contributed by atoms with van der Waals surface area (Å²) in [6, 6.07) is 16.4. The maximum absolute atomic E-state index is 13.3. The highest BCUT2D eigenvalue weighted by Crippen LogP contribution is 2.47. The van der Waals surface area contributed by atoms with Gasteiger partial charge in [-0.2, -0.15) is 4.98 Å². The van der Waals surface area contributed by atoms with Gasteiger partial charge in [0.05, 0.1) is 30.0 Å². The quantitative estimate of drug-likeness (QED) is 0.100. The first-order valence-corrected chi connectivity index (χ1v) is 21.1. The molecule has 0 spiro atoms. The number of carbonyl (C=O) groups is 3. The fourth-order valence-electron chi connectivity index (χ4n) is 7.57. The largest absolute Gasteiger partial charge is 0.494 e. The molecule has 0 bridgehead atoms. The highest BCUT2D eigenvalue weighted by Gasteiger charge is 2.40. The van der Waals surface area contributed by atoms with Crippen molar-refractivity contribution >= 4 is 87.0 Å². The van der Waals surface area contributed by atoms with Crippen molar-refractivity contribution in [2.75, 3.05) is 57.0 Å². The molecule has 3 amide bonds. The standard InChI is InChI=1S/C39H43BrClN8O7P/c1-47(21-23-9-11-26-27(35(23)40)22-49(38(26)52)31-13-14-34(50)45-37(31)51)24-15-17-48(18-16-24)25-10-12-29(32(19-25)54-2)44-39-42-20-28(41)36(46-39)43-30-7-5-6-8-33(30)57(53,55-3)56-4/h5-12,19-20,24,31H,13-18,21-22H2,1-4H3,(H,45,50,51)(H2,42,43,44,46). The van der Waals surface area contributed by atoms with Gasteiger partial charge in [0, 0.05) is 74.7 Å². The summed E-state index contributed by atoms with van der Waals surface area (Å²) in [6.45, 7) is 2.71. The lowest BCUT2D eigenvalue weighted by molar-refractivity contribution is -0.136. The van der Waals surface area contributed by atoms with Gasteiger partial charge in [-0.3, -0.25) is 29.2 Å². The topological polar surface area (TPSA) is 168 Å². The minimum atomic E-state index is -3.57. The molecule has 18 heteroatoms. The Hall–Kier alpha value is -4.57. The Labute approximate surface area is 344 Å². The van der Waals surface area contributed by atoms with Crippen LogP contribution in [-0.4, -0.2) is 91.0 Å². The van der Waals surface area contributed by atoms with E-state index < -0.39 is 19.5 Å². The second-order valence-electron chi connectivity index (χ2n) is 14.0. The number of imide groups is 1. The lowest BCUT2D eigenvalue weighted by Gasteiger charge is -2.38. The van der Waals surface area contributed by atoms with Crippen LogP contribution in [0.1, 0.15) is 47.2 Å². The molecule has 3 N–H and O–H groups in total. The molecule has 1 unspecified atom stereocenters. The normalized spacial score (nSPS) is 17.5. The fraction of sp³-hybridized carbons (Fsp3) is 0.359. The predicted molar refractivity (Wildman–Crippen MR) is 221 cm³/mol. The van der Waals surface area contributed by atoms with Crippen LogP contribution in [0, 0.1) is 0 Å². The van der Waals surface area contributed by atoms with Crippen molar-refractivity contribution in [3.05, 3.63) is 87.0 Å². The molecule has 2 saturated heterocycles. The van der Waals surface area contributed by atoms with E-state index in [0.29, 0.717) is 59.4 Å². The Balaban J connectivity index is 0.973. The molecule has 1 atom stereocenters. The number of anilines is 5. The number of benzene rings is 3. The maximum Gasteiger partial charge on any atom is 0.362 e. The highest BCUT2D eigenvalue weighted by atomic mass is 79.9. The Morgan fingerprint density at radius 2 is 1.75 bits per heavy atom. The van der Waals surface area contributed by atoms with E-state index >= 15 is 0 Å². The van der Waals surface area contributed by atoms with Gasteiger partial charge in [0.2, 0.25) is 17.8 Å². The number of halogens is 2. The molecule has 7 rings (SSSR count). The summed E-state index contributed by atoms with van der Waals surface area (Å²) >= 11 is 10.3. The summed E-state index contributed by atoms with van der Waals surface area (Å²) in [5, 5.41) is 9.33. The van der Waals surface area contributed by atoms with Crippen molar-refractivity contribution in [2.24, 2.45) is 0 Å². The zero-order chi connectivity index (χ0) is 40.4. The Morgan fingerprint density at radius 3 is 2.47 bits per heavy atom. The molecular weight excluding hydrogens is 839 g/mol. The van der Waals surface area contributed by atoms with E-state index in [2.05, 4.69) is 58.7 Å². The summed E-state index contributed by atoms with van der Waals surface area (Å²) in [7, 11) is 2.82. The number of nitrogens with zero attached hydrogens (tertiary/aromatic N) is 5. The van der Waals surface area contributed by atoms with Crippen molar-refractivity contribution in [1.82, 2.24) is 25.1 Å². The molecular formula is C39H43BrClN8O7P. The van der Waals surface area contributed by atoms with E-state index in [0.717, 1.165) is 47.2 Å². The summed E-state index contributed by atoms with van der Waals surface area (Å²) in [5.74, 6) is 0.270. The van der Waals surface area contributed by atoms with E-state index in [9.17, 15) is 18.9 Å².